The van der Waals surface area contributed by atoms with Gasteiger partial charge < -0.3 is 4.52 Å². The Morgan fingerprint density at radius 2 is 1.67 bits per heavy atom. The molecule has 0 saturated carbocycles. The normalized spacial score (nSPS) is 11.1. The van der Waals surface area contributed by atoms with Crippen LogP contribution in [0, 0.1) is 0 Å². The topological polar surface area (TPSA) is 58.8 Å². The Morgan fingerprint density at radius 3 is 2.50 bits per heavy atom. The summed E-state index contributed by atoms with van der Waals surface area (Å²) >= 11 is 0. The van der Waals surface area contributed by atoms with E-state index >= 15 is 0 Å². The fraction of sp³-hybridized carbons (Fsp3) is 0.600. The summed E-state index contributed by atoms with van der Waals surface area (Å²) in [6.07, 6.45) is 10.7. The third-order valence-electron chi connectivity index (χ3n) is 4.31. The van der Waals surface area contributed by atoms with Crippen molar-refractivity contribution in [3.8, 4) is 11.4 Å². The maximum Gasteiger partial charge on any atom is 0.226 e. The molecule has 1 aromatic carbocycles. The monoisotopic (exact) mass is 329 g/mol. The number of hydrogen-bond acceptors (Lipinski definition) is 3. The molecule has 1 heterocycles. The molecule has 2 rings (SSSR count). The van der Waals surface area contributed by atoms with Gasteiger partial charge in [0.2, 0.25) is 11.7 Å². The average molecular weight is 329 g/mol. The van der Waals surface area contributed by atoms with Gasteiger partial charge in [0.1, 0.15) is 0 Å². The molecule has 0 fully saturated rings. The van der Waals surface area contributed by atoms with E-state index in [1.165, 1.54) is 31.2 Å². The van der Waals surface area contributed by atoms with E-state index in [9.17, 15) is 5.11 Å². The number of unbranched alkanes of at least 4 members (excludes halogenated alkanes) is 6. The van der Waals surface area contributed by atoms with Crippen molar-refractivity contribution < 1.29 is 9.63 Å². The summed E-state index contributed by atoms with van der Waals surface area (Å²) in [6, 6.07) is 8.36. The minimum Gasteiger partial charge on any atom is -0.339 e. The van der Waals surface area contributed by atoms with Crippen LogP contribution in [0.1, 0.15) is 69.7 Å². The molecule has 0 atom stereocenters. The Hall–Kier alpha value is -1.68. The van der Waals surface area contributed by atoms with Gasteiger partial charge in [0.05, 0.1) is 6.61 Å². The number of hydrogen-bond donors (Lipinski definition) is 0. The van der Waals surface area contributed by atoms with Crippen molar-refractivity contribution in [1.82, 2.24) is 10.1 Å². The second-order valence-corrected chi connectivity index (χ2v) is 6.35. The zero-order chi connectivity index (χ0) is 17.0. The van der Waals surface area contributed by atoms with Gasteiger partial charge in [0, 0.05) is 12.0 Å². The number of aromatic nitrogens is 2. The molecular weight excluding hydrogens is 300 g/mol. The van der Waals surface area contributed by atoms with Gasteiger partial charge in [-0.15, -0.1) is 0 Å². The van der Waals surface area contributed by atoms with Crippen LogP contribution in [0.4, 0.5) is 0 Å². The third kappa shape index (κ3) is 6.08. The molecule has 0 unspecified atom stereocenters. The van der Waals surface area contributed by atoms with Crippen LogP contribution in [0.3, 0.4) is 0 Å². The summed E-state index contributed by atoms with van der Waals surface area (Å²) in [5.74, 6) is 1.41. The highest BCUT2D eigenvalue weighted by Gasteiger charge is 2.12. The van der Waals surface area contributed by atoms with Crippen molar-refractivity contribution in [2.24, 2.45) is 0 Å². The van der Waals surface area contributed by atoms with Crippen molar-refractivity contribution in [2.75, 3.05) is 6.61 Å². The molecule has 0 aliphatic rings. The molecule has 0 amide bonds. The van der Waals surface area contributed by atoms with Gasteiger partial charge in [-0.05, 0) is 31.2 Å². The first-order chi connectivity index (χ1) is 11.8. The Bertz CT molecular complexity index is 581. The molecule has 4 nitrogen and oxygen atoms in total. The lowest BCUT2D eigenvalue weighted by molar-refractivity contribution is 0.186. The average Bonchev–Trinajstić information content (AvgIpc) is 3.08. The van der Waals surface area contributed by atoms with Gasteiger partial charge >= 0.3 is 0 Å². The predicted octanol–water partition coefficient (Wildman–Crippen LogP) is 5.39. The van der Waals surface area contributed by atoms with Crippen molar-refractivity contribution >= 4 is 0 Å². The van der Waals surface area contributed by atoms with Gasteiger partial charge in [0.25, 0.3) is 0 Å². The summed E-state index contributed by atoms with van der Waals surface area (Å²) in [5.41, 5.74) is 2.40. The van der Waals surface area contributed by atoms with E-state index in [1.807, 2.05) is 6.07 Å². The largest absolute Gasteiger partial charge is 0.339 e. The van der Waals surface area contributed by atoms with Crippen molar-refractivity contribution in [3.05, 3.63) is 35.7 Å². The molecule has 0 aliphatic heterocycles. The lowest BCUT2D eigenvalue weighted by Gasteiger charge is -2.05. The minimum absolute atomic E-state index is 0.0275. The van der Waals surface area contributed by atoms with Crippen LogP contribution in [0.5, 0.6) is 0 Å². The maximum atomic E-state index is 10.4. The standard InChI is InChI=1S/C20H29N2O2/c1-2-3-4-7-12-17-13-9-10-14-18(17)20-21-19(24-22-20)15-8-5-6-11-16-23/h9-10,13-14H,2-8,11-12,15-16H2,1H3. The van der Waals surface area contributed by atoms with E-state index < -0.39 is 0 Å². The van der Waals surface area contributed by atoms with E-state index in [-0.39, 0.29) is 6.61 Å². The summed E-state index contributed by atoms with van der Waals surface area (Å²) in [7, 11) is 0. The highest BCUT2D eigenvalue weighted by molar-refractivity contribution is 5.59. The Balaban J connectivity index is 1.91. The first-order valence-electron chi connectivity index (χ1n) is 9.34. The molecule has 0 bridgehead atoms. The molecule has 2 aromatic rings. The Labute approximate surface area is 145 Å². The van der Waals surface area contributed by atoms with Crippen LogP contribution in [-0.2, 0) is 17.9 Å². The molecule has 24 heavy (non-hydrogen) atoms. The highest BCUT2D eigenvalue weighted by Crippen LogP contribution is 2.23. The van der Waals surface area contributed by atoms with Gasteiger partial charge in [-0.3, -0.25) is 0 Å². The molecule has 0 saturated heterocycles. The Morgan fingerprint density at radius 1 is 0.917 bits per heavy atom. The van der Waals surface area contributed by atoms with E-state index in [1.54, 1.807) is 0 Å². The van der Waals surface area contributed by atoms with Crippen LogP contribution >= 0.6 is 0 Å². The minimum atomic E-state index is 0.0275. The van der Waals surface area contributed by atoms with Crippen molar-refractivity contribution in [3.63, 3.8) is 0 Å². The summed E-state index contributed by atoms with van der Waals surface area (Å²) < 4.78 is 5.40. The maximum absolute atomic E-state index is 10.4. The fourth-order valence-electron chi connectivity index (χ4n) is 2.90. The van der Waals surface area contributed by atoms with Crippen molar-refractivity contribution in [2.45, 2.75) is 71.1 Å². The molecule has 4 heteroatoms. The molecule has 0 spiro atoms. The first kappa shape index (κ1) is 18.7. The van der Waals surface area contributed by atoms with Crippen LogP contribution in [-0.4, -0.2) is 16.7 Å². The van der Waals surface area contributed by atoms with Gasteiger partial charge in [-0.25, -0.2) is 5.11 Å². The predicted molar refractivity (Wildman–Crippen MR) is 95.3 cm³/mol. The molecule has 1 radical (unpaired) electrons. The number of benzene rings is 1. The second-order valence-electron chi connectivity index (χ2n) is 6.35. The molecule has 0 aliphatic carbocycles. The first-order valence-corrected chi connectivity index (χ1v) is 9.34. The van der Waals surface area contributed by atoms with Crippen LogP contribution in [0.2, 0.25) is 0 Å². The lowest BCUT2D eigenvalue weighted by atomic mass is 10.0. The Kier molecular flexibility index (Phi) is 8.53. The zero-order valence-electron chi connectivity index (χ0n) is 14.8. The van der Waals surface area contributed by atoms with Crippen LogP contribution < -0.4 is 0 Å². The molecule has 131 valence electrons. The fourth-order valence-corrected chi connectivity index (χ4v) is 2.90. The van der Waals surface area contributed by atoms with Crippen molar-refractivity contribution in [1.29, 1.82) is 0 Å². The van der Waals surface area contributed by atoms with Crippen LogP contribution in [0.15, 0.2) is 28.8 Å². The smallest absolute Gasteiger partial charge is 0.226 e. The van der Waals surface area contributed by atoms with Gasteiger partial charge in [-0.1, -0.05) is 68.4 Å². The highest BCUT2D eigenvalue weighted by atomic mass is 16.5. The zero-order valence-corrected chi connectivity index (χ0v) is 14.8. The number of aryl methyl sites for hydroxylation is 2. The van der Waals surface area contributed by atoms with Crippen LogP contribution in [0.25, 0.3) is 11.4 Å². The SMILES string of the molecule is CCCCCCc1ccccc1-c1noc(CCCCCC[O])n1. The van der Waals surface area contributed by atoms with E-state index in [2.05, 4.69) is 35.3 Å². The lowest BCUT2D eigenvalue weighted by Crippen LogP contribution is -1.93. The van der Waals surface area contributed by atoms with E-state index in [0.717, 1.165) is 44.1 Å². The van der Waals surface area contributed by atoms with E-state index in [4.69, 9.17) is 4.52 Å². The quantitative estimate of drug-likeness (QED) is 0.490. The van der Waals surface area contributed by atoms with Gasteiger partial charge in [-0.2, -0.15) is 4.98 Å². The summed E-state index contributed by atoms with van der Waals surface area (Å²) in [6.45, 7) is 2.26. The number of nitrogens with zero attached hydrogens (tertiary/aromatic N) is 2. The molecule has 1 aromatic heterocycles. The third-order valence-corrected chi connectivity index (χ3v) is 4.31. The summed E-state index contributed by atoms with van der Waals surface area (Å²) in [5, 5.41) is 14.6. The molecular formula is C20H29N2O2. The van der Waals surface area contributed by atoms with Gasteiger partial charge in [0.15, 0.2) is 0 Å². The molecule has 0 N–H and O–H groups in total. The number of rotatable bonds is 12. The van der Waals surface area contributed by atoms with E-state index in [0.29, 0.717) is 11.7 Å². The second kappa shape index (κ2) is 11.0. The summed E-state index contributed by atoms with van der Waals surface area (Å²) in [4.78, 5) is 4.56.